The Morgan fingerprint density at radius 3 is 2.43 bits per heavy atom. The molecule has 0 spiro atoms. The standard InChI is InChI=1S/C18H21NO2/c1-19-16-9-18(20,10-17(19)12-21-11-16)15-7-6-13-4-2-3-5-14(13)8-15/h2-8,16-17,20H,9-12H2,1H3. The van der Waals surface area contributed by atoms with Gasteiger partial charge in [-0.2, -0.15) is 0 Å². The number of morpholine rings is 1. The van der Waals surface area contributed by atoms with E-state index in [4.69, 9.17) is 4.74 Å². The highest BCUT2D eigenvalue weighted by Crippen LogP contribution is 2.40. The first kappa shape index (κ1) is 13.3. The van der Waals surface area contributed by atoms with E-state index in [0.717, 1.165) is 31.6 Å². The Morgan fingerprint density at radius 2 is 1.71 bits per heavy atom. The third kappa shape index (κ3) is 2.16. The second kappa shape index (κ2) is 4.80. The minimum absolute atomic E-state index is 0.314. The summed E-state index contributed by atoms with van der Waals surface area (Å²) in [5.41, 5.74) is 0.321. The maximum atomic E-state index is 11.2. The third-order valence-electron chi connectivity index (χ3n) is 5.21. The van der Waals surface area contributed by atoms with E-state index in [-0.39, 0.29) is 0 Å². The molecule has 4 rings (SSSR count). The van der Waals surface area contributed by atoms with E-state index < -0.39 is 5.60 Å². The van der Waals surface area contributed by atoms with Crippen LogP contribution in [-0.2, 0) is 10.3 Å². The van der Waals surface area contributed by atoms with Crippen molar-refractivity contribution in [3.05, 3.63) is 48.0 Å². The molecule has 2 heterocycles. The van der Waals surface area contributed by atoms with Crippen molar-refractivity contribution in [2.45, 2.75) is 30.5 Å². The number of nitrogens with zero attached hydrogens (tertiary/aromatic N) is 1. The lowest BCUT2D eigenvalue weighted by Gasteiger charge is -2.50. The molecule has 3 nitrogen and oxygen atoms in total. The van der Waals surface area contributed by atoms with Gasteiger partial charge in [-0.3, -0.25) is 4.90 Å². The largest absolute Gasteiger partial charge is 0.385 e. The minimum atomic E-state index is -0.727. The summed E-state index contributed by atoms with van der Waals surface area (Å²) < 4.78 is 5.65. The van der Waals surface area contributed by atoms with Crippen LogP contribution in [0.1, 0.15) is 18.4 Å². The number of piperidine rings is 1. The maximum Gasteiger partial charge on any atom is 0.0928 e. The van der Waals surface area contributed by atoms with E-state index in [2.05, 4.69) is 42.3 Å². The summed E-state index contributed by atoms with van der Waals surface area (Å²) in [5, 5.41) is 13.7. The quantitative estimate of drug-likeness (QED) is 0.873. The van der Waals surface area contributed by atoms with Gasteiger partial charge in [-0.05, 0) is 42.3 Å². The summed E-state index contributed by atoms with van der Waals surface area (Å²) >= 11 is 0. The molecule has 2 atom stereocenters. The molecule has 0 aliphatic carbocycles. The fourth-order valence-corrected chi connectivity index (χ4v) is 3.86. The fraction of sp³-hybridized carbons (Fsp3) is 0.444. The topological polar surface area (TPSA) is 32.7 Å². The van der Waals surface area contributed by atoms with Crippen molar-refractivity contribution < 1.29 is 9.84 Å². The Morgan fingerprint density at radius 1 is 1.05 bits per heavy atom. The van der Waals surface area contributed by atoms with Crippen molar-refractivity contribution in [2.24, 2.45) is 0 Å². The first-order chi connectivity index (χ1) is 10.2. The Kier molecular flexibility index (Phi) is 3.03. The van der Waals surface area contributed by atoms with Crippen molar-refractivity contribution in [3.63, 3.8) is 0 Å². The molecule has 0 saturated carbocycles. The molecular weight excluding hydrogens is 262 g/mol. The van der Waals surface area contributed by atoms with Crippen molar-refractivity contribution in [2.75, 3.05) is 20.3 Å². The van der Waals surface area contributed by atoms with Gasteiger partial charge in [-0.1, -0.05) is 36.4 Å². The molecule has 2 saturated heterocycles. The molecule has 1 N–H and O–H groups in total. The van der Waals surface area contributed by atoms with Crippen molar-refractivity contribution in [1.29, 1.82) is 0 Å². The average Bonchev–Trinajstić information content (AvgIpc) is 2.49. The van der Waals surface area contributed by atoms with E-state index in [9.17, 15) is 5.11 Å². The molecular formula is C18H21NO2. The lowest BCUT2D eigenvalue weighted by atomic mass is 9.77. The summed E-state index contributed by atoms with van der Waals surface area (Å²) in [6.07, 6.45) is 1.50. The zero-order valence-corrected chi connectivity index (χ0v) is 12.3. The summed E-state index contributed by atoms with van der Waals surface area (Å²) in [6.45, 7) is 1.45. The van der Waals surface area contributed by atoms with Crippen molar-refractivity contribution in [3.8, 4) is 0 Å². The van der Waals surface area contributed by atoms with Crippen LogP contribution in [-0.4, -0.2) is 42.4 Å². The van der Waals surface area contributed by atoms with Crippen LogP contribution in [0.5, 0.6) is 0 Å². The number of hydrogen-bond acceptors (Lipinski definition) is 3. The smallest absolute Gasteiger partial charge is 0.0928 e. The molecule has 2 aliphatic rings. The Hall–Kier alpha value is -1.42. The van der Waals surface area contributed by atoms with Gasteiger partial charge in [0.15, 0.2) is 0 Å². The average molecular weight is 283 g/mol. The Balaban J connectivity index is 1.73. The van der Waals surface area contributed by atoms with Gasteiger partial charge in [0, 0.05) is 12.1 Å². The summed E-state index contributed by atoms with van der Waals surface area (Å²) in [7, 11) is 2.15. The molecule has 110 valence electrons. The van der Waals surface area contributed by atoms with Crippen LogP contribution in [0.2, 0.25) is 0 Å². The van der Waals surface area contributed by atoms with Crippen LogP contribution >= 0.6 is 0 Å². The molecule has 0 amide bonds. The minimum Gasteiger partial charge on any atom is -0.385 e. The SMILES string of the molecule is CN1C2COCC1CC(O)(c1ccc3ccccc3c1)C2. The predicted molar refractivity (Wildman–Crippen MR) is 83.2 cm³/mol. The third-order valence-corrected chi connectivity index (χ3v) is 5.21. The van der Waals surface area contributed by atoms with E-state index in [1.807, 2.05) is 12.1 Å². The monoisotopic (exact) mass is 283 g/mol. The number of fused-ring (bicyclic) bond motifs is 3. The number of hydrogen-bond donors (Lipinski definition) is 1. The highest BCUT2D eigenvalue weighted by molar-refractivity contribution is 5.83. The lowest BCUT2D eigenvalue weighted by molar-refractivity contribution is -0.137. The highest BCUT2D eigenvalue weighted by atomic mass is 16.5. The first-order valence-corrected chi connectivity index (χ1v) is 7.67. The second-order valence-electron chi connectivity index (χ2n) is 6.51. The molecule has 2 fully saturated rings. The van der Waals surface area contributed by atoms with Gasteiger partial charge in [0.25, 0.3) is 0 Å². The molecule has 2 unspecified atom stereocenters. The number of ether oxygens (including phenoxy) is 1. The summed E-state index contributed by atoms with van der Waals surface area (Å²) in [5.74, 6) is 0. The normalized spacial score (nSPS) is 33.2. The van der Waals surface area contributed by atoms with Gasteiger partial charge in [0.05, 0.1) is 18.8 Å². The fourth-order valence-electron chi connectivity index (χ4n) is 3.86. The number of rotatable bonds is 1. The Labute approximate surface area is 125 Å². The predicted octanol–water partition coefficient (Wildman–Crippen LogP) is 2.52. The van der Waals surface area contributed by atoms with Crippen LogP contribution in [0.25, 0.3) is 10.8 Å². The van der Waals surface area contributed by atoms with E-state index in [1.165, 1.54) is 10.8 Å². The molecule has 2 bridgehead atoms. The number of aliphatic hydroxyl groups is 1. The zero-order chi connectivity index (χ0) is 14.4. The summed E-state index contributed by atoms with van der Waals surface area (Å²) in [4.78, 5) is 2.37. The van der Waals surface area contributed by atoms with Crippen molar-refractivity contribution >= 4 is 10.8 Å². The van der Waals surface area contributed by atoms with Gasteiger partial charge in [0.1, 0.15) is 0 Å². The van der Waals surface area contributed by atoms with Gasteiger partial charge in [-0.15, -0.1) is 0 Å². The van der Waals surface area contributed by atoms with E-state index >= 15 is 0 Å². The second-order valence-corrected chi connectivity index (χ2v) is 6.51. The molecule has 2 aromatic carbocycles. The van der Waals surface area contributed by atoms with Crippen LogP contribution in [0.3, 0.4) is 0 Å². The van der Waals surface area contributed by atoms with Gasteiger partial charge in [-0.25, -0.2) is 0 Å². The Bertz CT molecular complexity index is 655. The van der Waals surface area contributed by atoms with E-state index in [0.29, 0.717) is 12.1 Å². The van der Waals surface area contributed by atoms with Crippen LogP contribution in [0.4, 0.5) is 0 Å². The van der Waals surface area contributed by atoms with Crippen LogP contribution in [0, 0.1) is 0 Å². The molecule has 3 heteroatoms. The maximum absolute atomic E-state index is 11.2. The van der Waals surface area contributed by atoms with Crippen LogP contribution in [0.15, 0.2) is 42.5 Å². The van der Waals surface area contributed by atoms with Gasteiger partial charge in [0.2, 0.25) is 0 Å². The molecule has 2 aromatic rings. The summed E-state index contributed by atoms with van der Waals surface area (Å²) in [6, 6.07) is 15.3. The zero-order valence-electron chi connectivity index (χ0n) is 12.3. The van der Waals surface area contributed by atoms with Gasteiger partial charge >= 0.3 is 0 Å². The lowest BCUT2D eigenvalue weighted by Crippen LogP contribution is -2.59. The number of benzene rings is 2. The number of likely N-dealkylation sites (N-methyl/N-ethyl adjacent to an activating group) is 1. The van der Waals surface area contributed by atoms with Crippen LogP contribution < -0.4 is 0 Å². The van der Waals surface area contributed by atoms with E-state index in [1.54, 1.807) is 0 Å². The van der Waals surface area contributed by atoms with Crippen molar-refractivity contribution in [1.82, 2.24) is 4.90 Å². The first-order valence-electron chi connectivity index (χ1n) is 7.67. The molecule has 2 aliphatic heterocycles. The van der Waals surface area contributed by atoms with Gasteiger partial charge < -0.3 is 9.84 Å². The molecule has 21 heavy (non-hydrogen) atoms. The molecule has 0 radical (unpaired) electrons. The highest BCUT2D eigenvalue weighted by Gasteiger charge is 2.45. The molecule has 0 aromatic heterocycles.